The van der Waals surface area contributed by atoms with E-state index in [0.29, 0.717) is 0 Å². The van der Waals surface area contributed by atoms with Gasteiger partial charge in [-0.05, 0) is 46.5 Å². The summed E-state index contributed by atoms with van der Waals surface area (Å²) in [6.07, 6.45) is 12.8. The highest BCUT2D eigenvalue weighted by molar-refractivity contribution is 5.34. The van der Waals surface area contributed by atoms with E-state index in [1.54, 1.807) is 0 Å². The van der Waals surface area contributed by atoms with Crippen LogP contribution in [0.4, 0.5) is 0 Å². The summed E-state index contributed by atoms with van der Waals surface area (Å²) in [6.45, 7) is 3.39. The summed E-state index contributed by atoms with van der Waals surface area (Å²) in [4.78, 5) is 0. The SMILES string of the molecule is c1cc2ccc1Cn1cc[n+](c1)Cc1ccc(cc1)Oc1ccc(cc1)C[n+]1ccn(c1)C2. The zero-order valence-corrected chi connectivity index (χ0v) is 18.4. The Balaban J connectivity index is 1.32. The van der Waals surface area contributed by atoms with Gasteiger partial charge in [0, 0.05) is 0 Å². The molecule has 0 N–H and O–H groups in total. The van der Waals surface area contributed by atoms with Gasteiger partial charge in [0.05, 0.1) is 0 Å². The van der Waals surface area contributed by atoms with Crippen molar-refractivity contribution in [2.24, 2.45) is 0 Å². The molecule has 5 nitrogen and oxygen atoms in total. The minimum atomic E-state index is 0.831. The summed E-state index contributed by atoms with van der Waals surface area (Å²) in [5.74, 6) is 1.70. The van der Waals surface area contributed by atoms with Crippen molar-refractivity contribution in [3.05, 3.63) is 132 Å². The molecule has 0 atom stereocenters. The van der Waals surface area contributed by atoms with Crippen molar-refractivity contribution in [3.8, 4) is 11.5 Å². The lowest BCUT2D eigenvalue weighted by atomic mass is 10.1. The highest BCUT2D eigenvalue weighted by Gasteiger charge is 2.09. The predicted octanol–water partition coefficient (Wildman–Crippen LogP) is 4.16. The average Bonchev–Trinajstić information content (AvgIpc) is 3.46. The first-order valence-electron chi connectivity index (χ1n) is 11.3. The summed E-state index contributed by atoms with van der Waals surface area (Å²) in [7, 11) is 0. The topological polar surface area (TPSA) is 26.8 Å². The lowest BCUT2D eigenvalue weighted by Gasteiger charge is -2.07. The van der Waals surface area contributed by atoms with Crippen LogP contribution < -0.4 is 13.9 Å². The Morgan fingerprint density at radius 2 is 0.909 bits per heavy atom. The maximum atomic E-state index is 6.06. The number of nitrogens with zero attached hydrogens (tertiary/aromatic N) is 4. The van der Waals surface area contributed by atoms with Crippen molar-refractivity contribution in [2.45, 2.75) is 26.2 Å². The van der Waals surface area contributed by atoms with Gasteiger partial charge in [-0.3, -0.25) is 0 Å². The van der Waals surface area contributed by atoms with E-state index >= 15 is 0 Å². The Bertz CT molecular complexity index is 1260. The molecule has 162 valence electrons. The van der Waals surface area contributed by atoms with Crippen LogP contribution in [-0.4, -0.2) is 9.13 Å². The minimum Gasteiger partial charge on any atom is -0.457 e. The molecule has 6 aliphatic heterocycles. The van der Waals surface area contributed by atoms with Crippen molar-refractivity contribution in [1.82, 2.24) is 9.13 Å². The molecule has 10 bridgehead atoms. The van der Waals surface area contributed by atoms with Gasteiger partial charge < -0.3 is 4.74 Å². The summed E-state index contributed by atoms with van der Waals surface area (Å²) >= 11 is 0. The molecule has 0 spiro atoms. The first kappa shape index (κ1) is 19.6. The fourth-order valence-electron chi connectivity index (χ4n) is 4.31. The van der Waals surface area contributed by atoms with E-state index in [1.165, 1.54) is 22.3 Å². The zero-order valence-electron chi connectivity index (χ0n) is 18.4. The Morgan fingerprint density at radius 1 is 0.515 bits per heavy atom. The molecule has 0 unspecified atom stereocenters. The van der Waals surface area contributed by atoms with Crippen LogP contribution >= 0.6 is 0 Å². The van der Waals surface area contributed by atoms with Gasteiger partial charge in [-0.25, -0.2) is 18.3 Å². The smallest absolute Gasteiger partial charge is 0.244 e. The summed E-state index contributed by atoms with van der Waals surface area (Å²) in [5, 5.41) is 0. The van der Waals surface area contributed by atoms with E-state index in [1.807, 2.05) is 24.3 Å². The lowest BCUT2D eigenvalue weighted by Crippen LogP contribution is -2.31. The molecule has 6 aliphatic rings. The van der Waals surface area contributed by atoms with E-state index in [2.05, 4.69) is 104 Å². The van der Waals surface area contributed by atoms with Crippen molar-refractivity contribution >= 4 is 0 Å². The Morgan fingerprint density at radius 3 is 1.33 bits per heavy atom. The van der Waals surface area contributed by atoms with Gasteiger partial charge in [0.2, 0.25) is 12.7 Å². The molecule has 3 aromatic carbocycles. The van der Waals surface area contributed by atoms with E-state index < -0.39 is 0 Å². The van der Waals surface area contributed by atoms with Gasteiger partial charge >= 0.3 is 0 Å². The molecule has 0 radical (unpaired) electrons. The summed E-state index contributed by atoms with van der Waals surface area (Å²) in [6, 6.07) is 25.6. The van der Waals surface area contributed by atoms with Crippen LogP contribution in [-0.2, 0) is 26.2 Å². The monoisotopic (exact) mass is 434 g/mol. The Kier molecular flexibility index (Phi) is 5.00. The maximum absolute atomic E-state index is 6.06. The largest absolute Gasteiger partial charge is 0.457 e. The molecule has 2 aromatic heterocycles. The lowest BCUT2D eigenvalue weighted by molar-refractivity contribution is -0.688. The minimum absolute atomic E-state index is 0.831. The van der Waals surface area contributed by atoms with Gasteiger partial charge in [0.1, 0.15) is 62.5 Å². The summed E-state index contributed by atoms with van der Waals surface area (Å²) in [5.41, 5.74) is 5.08. The standard InChI is InChI=1S/C28H26N4O/c1-2-24-4-3-23(1)17-29-13-15-31(21-29)19-25-5-9-27(10-6-25)33-28-11-7-26(8-12-28)20-32-16-14-30(18-24)22-32/h1-16,21-22H,17-20H2/q+2. The van der Waals surface area contributed by atoms with Crippen molar-refractivity contribution in [1.29, 1.82) is 0 Å². The van der Waals surface area contributed by atoms with E-state index in [0.717, 1.165) is 37.7 Å². The molecule has 0 saturated heterocycles. The molecule has 0 saturated carbocycles. The highest BCUT2D eigenvalue weighted by atomic mass is 16.5. The normalized spacial score (nSPS) is 13.2. The van der Waals surface area contributed by atoms with Crippen LogP contribution in [0.15, 0.2) is 110 Å². The van der Waals surface area contributed by atoms with Crippen LogP contribution in [0, 0.1) is 0 Å². The highest BCUT2D eigenvalue weighted by Crippen LogP contribution is 2.22. The van der Waals surface area contributed by atoms with Crippen LogP contribution in [0.2, 0.25) is 0 Å². The first-order valence-corrected chi connectivity index (χ1v) is 11.3. The fraction of sp³-hybridized carbons (Fsp3) is 0.143. The molecule has 33 heavy (non-hydrogen) atoms. The first-order chi connectivity index (χ1) is 16.2. The van der Waals surface area contributed by atoms with E-state index in [-0.39, 0.29) is 0 Å². The van der Waals surface area contributed by atoms with Crippen LogP contribution in [0.1, 0.15) is 22.3 Å². The van der Waals surface area contributed by atoms with Crippen molar-refractivity contribution < 1.29 is 13.9 Å². The third-order valence-corrected chi connectivity index (χ3v) is 6.06. The van der Waals surface area contributed by atoms with Crippen molar-refractivity contribution in [3.63, 3.8) is 0 Å². The second-order valence-corrected chi connectivity index (χ2v) is 8.72. The van der Waals surface area contributed by atoms with Gasteiger partial charge in [-0.2, -0.15) is 0 Å². The zero-order chi connectivity index (χ0) is 22.0. The van der Waals surface area contributed by atoms with Gasteiger partial charge in [0.15, 0.2) is 0 Å². The molecule has 5 aromatic rings. The van der Waals surface area contributed by atoms with E-state index in [4.69, 9.17) is 4.74 Å². The Hall–Kier alpha value is -4.12. The molecule has 0 fully saturated rings. The molecule has 0 aliphatic carbocycles. The van der Waals surface area contributed by atoms with E-state index in [9.17, 15) is 0 Å². The number of benzene rings is 3. The number of aromatic nitrogens is 4. The fourth-order valence-corrected chi connectivity index (χ4v) is 4.31. The number of imidazole rings is 2. The molecular weight excluding hydrogens is 408 g/mol. The molecule has 5 heteroatoms. The molecule has 8 heterocycles. The third-order valence-electron chi connectivity index (χ3n) is 6.06. The van der Waals surface area contributed by atoms with Crippen LogP contribution in [0.3, 0.4) is 0 Å². The van der Waals surface area contributed by atoms with Crippen LogP contribution in [0.5, 0.6) is 11.5 Å². The molecule has 11 rings (SSSR count). The molecular formula is C28H26N4O+2. The maximum Gasteiger partial charge on any atom is 0.244 e. The quantitative estimate of drug-likeness (QED) is 0.330. The van der Waals surface area contributed by atoms with Gasteiger partial charge in [-0.1, -0.05) is 48.5 Å². The number of rotatable bonds is 0. The second-order valence-electron chi connectivity index (χ2n) is 8.72. The Labute approximate surface area is 193 Å². The summed E-state index contributed by atoms with van der Waals surface area (Å²) < 4.78 is 14.9. The number of hydrogen-bond acceptors (Lipinski definition) is 1. The average molecular weight is 435 g/mol. The second kappa shape index (κ2) is 8.43. The molecule has 0 amide bonds. The number of hydrogen-bond donors (Lipinski definition) is 0. The van der Waals surface area contributed by atoms with Crippen LogP contribution in [0.25, 0.3) is 0 Å². The van der Waals surface area contributed by atoms with Crippen molar-refractivity contribution in [2.75, 3.05) is 0 Å². The van der Waals surface area contributed by atoms with Gasteiger partial charge in [0.25, 0.3) is 0 Å². The third kappa shape index (κ3) is 4.58. The number of ether oxygens (including phenoxy) is 1. The van der Waals surface area contributed by atoms with Gasteiger partial charge in [-0.15, -0.1) is 0 Å². The predicted molar refractivity (Wildman–Crippen MR) is 125 cm³/mol.